The standard InChI is InChI=1S/C25H25N5O/c1-28-15-20(14-26-28)23-17-30(16-19-10-6-7-11-22(19)23)25(31)24-13-21(29(2)27-24)12-18-8-4-3-5-9-18/h3-11,13-15,23H,12,16-17H2,1-2H3. The zero-order chi connectivity index (χ0) is 21.4. The monoisotopic (exact) mass is 411 g/mol. The molecule has 1 amide bonds. The van der Waals surface area contributed by atoms with Gasteiger partial charge in [0.2, 0.25) is 0 Å². The van der Waals surface area contributed by atoms with Crippen molar-refractivity contribution in [3.8, 4) is 0 Å². The Balaban J connectivity index is 1.43. The highest BCUT2D eigenvalue weighted by molar-refractivity contribution is 5.92. The molecular formula is C25H25N5O. The number of amides is 1. The maximum Gasteiger partial charge on any atom is 0.274 e. The first-order chi connectivity index (χ1) is 15.1. The first-order valence-electron chi connectivity index (χ1n) is 10.5. The molecule has 6 heteroatoms. The van der Waals surface area contributed by atoms with Gasteiger partial charge in [0.05, 0.1) is 6.20 Å². The average molecular weight is 412 g/mol. The van der Waals surface area contributed by atoms with E-state index in [-0.39, 0.29) is 11.8 Å². The minimum atomic E-state index is -0.0293. The molecule has 0 saturated carbocycles. The van der Waals surface area contributed by atoms with Gasteiger partial charge < -0.3 is 4.90 Å². The van der Waals surface area contributed by atoms with Gasteiger partial charge in [-0.15, -0.1) is 0 Å². The summed E-state index contributed by atoms with van der Waals surface area (Å²) in [5, 5.41) is 8.89. The van der Waals surface area contributed by atoms with E-state index < -0.39 is 0 Å². The summed E-state index contributed by atoms with van der Waals surface area (Å²) >= 11 is 0. The van der Waals surface area contributed by atoms with Crippen LogP contribution in [0.25, 0.3) is 0 Å². The molecular weight excluding hydrogens is 386 g/mol. The fraction of sp³-hybridized carbons (Fsp3) is 0.240. The molecule has 0 spiro atoms. The molecule has 0 saturated heterocycles. The van der Waals surface area contributed by atoms with Crippen molar-refractivity contribution in [2.45, 2.75) is 18.9 Å². The SMILES string of the molecule is Cn1cc(C2CN(C(=O)c3cc(Cc4ccccc4)n(C)n3)Cc3ccccc32)cn1. The van der Waals surface area contributed by atoms with Gasteiger partial charge in [0.15, 0.2) is 5.69 Å². The molecule has 31 heavy (non-hydrogen) atoms. The molecule has 1 aliphatic rings. The van der Waals surface area contributed by atoms with Gasteiger partial charge in [-0.1, -0.05) is 54.6 Å². The van der Waals surface area contributed by atoms with Crippen LogP contribution in [0.2, 0.25) is 0 Å². The van der Waals surface area contributed by atoms with Crippen LogP contribution in [0.5, 0.6) is 0 Å². The van der Waals surface area contributed by atoms with Gasteiger partial charge in [-0.2, -0.15) is 10.2 Å². The van der Waals surface area contributed by atoms with Gasteiger partial charge in [0.1, 0.15) is 0 Å². The van der Waals surface area contributed by atoms with E-state index in [1.807, 2.05) is 71.1 Å². The summed E-state index contributed by atoms with van der Waals surface area (Å²) in [5.41, 5.74) is 6.29. The lowest BCUT2D eigenvalue weighted by Gasteiger charge is -2.34. The van der Waals surface area contributed by atoms with Crippen LogP contribution in [0, 0.1) is 0 Å². The van der Waals surface area contributed by atoms with E-state index in [0.717, 1.165) is 17.7 Å². The fourth-order valence-electron chi connectivity index (χ4n) is 4.41. The molecule has 2 aromatic carbocycles. The molecule has 5 rings (SSSR count). The van der Waals surface area contributed by atoms with Crippen molar-refractivity contribution in [2.75, 3.05) is 6.54 Å². The Morgan fingerprint density at radius 3 is 2.61 bits per heavy atom. The Morgan fingerprint density at radius 2 is 1.84 bits per heavy atom. The Morgan fingerprint density at radius 1 is 1.06 bits per heavy atom. The van der Waals surface area contributed by atoms with Gasteiger partial charge in [0.25, 0.3) is 5.91 Å². The van der Waals surface area contributed by atoms with Gasteiger partial charge in [0, 0.05) is 51.4 Å². The molecule has 0 N–H and O–H groups in total. The highest BCUT2D eigenvalue weighted by Crippen LogP contribution is 2.33. The summed E-state index contributed by atoms with van der Waals surface area (Å²) < 4.78 is 3.63. The second kappa shape index (κ2) is 7.87. The third-order valence-corrected chi connectivity index (χ3v) is 6.03. The van der Waals surface area contributed by atoms with Crippen molar-refractivity contribution in [1.82, 2.24) is 24.5 Å². The molecule has 0 fully saturated rings. The Kier molecular flexibility index (Phi) is 4.90. The maximum atomic E-state index is 13.4. The summed E-state index contributed by atoms with van der Waals surface area (Å²) in [6.07, 6.45) is 4.68. The largest absolute Gasteiger partial charge is 0.332 e. The van der Waals surface area contributed by atoms with Crippen LogP contribution < -0.4 is 0 Å². The van der Waals surface area contributed by atoms with Crippen molar-refractivity contribution in [1.29, 1.82) is 0 Å². The number of aromatic nitrogens is 4. The lowest BCUT2D eigenvalue weighted by Crippen LogP contribution is -2.38. The molecule has 0 bridgehead atoms. The molecule has 1 unspecified atom stereocenters. The number of carbonyl (C=O) groups excluding carboxylic acids is 1. The molecule has 3 heterocycles. The first kappa shape index (κ1) is 19.3. The predicted octanol–water partition coefficient (Wildman–Crippen LogP) is 3.53. The number of aryl methyl sites for hydroxylation is 2. The molecule has 156 valence electrons. The van der Waals surface area contributed by atoms with Gasteiger partial charge in [-0.05, 0) is 28.3 Å². The first-order valence-corrected chi connectivity index (χ1v) is 10.5. The van der Waals surface area contributed by atoms with Gasteiger partial charge in [-0.3, -0.25) is 14.2 Å². The number of nitrogens with zero attached hydrogens (tertiary/aromatic N) is 5. The number of carbonyl (C=O) groups is 1. The van der Waals surface area contributed by atoms with Crippen LogP contribution in [-0.2, 0) is 27.1 Å². The summed E-state index contributed by atoms with van der Waals surface area (Å²) in [5.74, 6) is 0.0772. The van der Waals surface area contributed by atoms with E-state index >= 15 is 0 Å². The zero-order valence-electron chi connectivity index (χ0n) is 17.8. The van der Waals surface area contributed by atoms with Gasteiger partial charge in [-0.25, -0.2) is 0 Å². The number of rotatable bonds is 4. The van der Waals surface area contributed by atoms with Crippen molar-refractivity contribution in [2.24, 2.45) is 14.1 Å². The number of fused-ring (bicyclic) bond motifs is 1. The smallest absolute Gasteiger partial charge is 0.274 e. The van der Waals surface area contributed by atoms with E-state index in [2.05, 4.69) is 40.5 Å². The molecule has 0 aliphatic carbocycles. The van der Waals surface area contributed by atoms with Crippen LogP contribution >= 0.6 is 0 Å². The lowest BCUT2D eigenvalue weighted by molar-refractivity contribution is 0.0718. The van der Waals surface area contributed by atoms with E-state index in [9.17, 15) is 4.79 Å². The minimum absolute atomic E-state index is 0.0293. The molecule has 0 radical (unpaired) electrons. The van der Waals surface area contributed by atoms with Crippen molar-refractivity contribution >= 4 is 5.91 Å². The number of hydrogen-bond donors (Lipinski definition) is 0. The van der Waals surface area contributed by atoms with E-state index in [4.69, 9.17) is 0 Å². The normalized spacial score (nSPS) is 15.7. The predicted molar refractivity (Wildman–Crippen MR) is 119 cm³/mol. The second-order valence-electron chi connectivity index (χ2n) is 8.19. The third kappa shape index (κ3) is 3.77. The summed E-state index contributed by atoms with van der Waals surface area (Å²) in [4.78, 5) is 15.4. The van der Waals surface area contributed by atoms with Crippen LogP contribution in [0.15, 0.2) is 73.1 Å². The Bertz CT molecular complexity index is 1220. The topological polar surface area (TPSA) is 56.0 Å². The maximum absolute atomic E-state index is 13.4. The van der Waals surface area contributed by atoms with E-state index in [1.54, 1.807) is 0 Å². The molecule has 6 nitrogen and oxygen atoms in total. The lowest BCUT2D eigenvalue weighted by atomic mass is 9.86. The van der Waals surface area contributed by atoms with E-state index in [0.29, 0.717) is 18.8 Å². The molecule has 1 aliphatic heterocycles. The highest BCUT2D eigenvalue weighted by Gasteiger charge is 2.31. The molecule has 4 aromatic rings. The zero-order valence-corrected chi connectivity index (χ0v) is 17.8. The highest BCUT2D eigenvalue weighted by atomic mass is 16.2. The van der Waals surface area contributed by atoms with Crippen molar-refractivity contribution in [3.05, 3.63) is 107 Å². The summed E-state index contributed by atoms with van der Waals surface area (Å²) in [7, 11) is 3.82. The number of hydrogen-bond acceptors (Lipinski definition) is 3. The molecule has 1 atom stereocenters. The van der Waals surface area contributed by atoms with Crippen LogP contribution in [0.1, 0.15) is 44.4 Å². The Labute approximate surface area is 181 Å². The third-order valence-electron chi connectivity index (χ3n) is 6.03. The summed E-state index contributed by atoms with van der Waals surface area (Å²) in [6, 6.07) is 20.5. The van der Waals surface area contributed by atoms with Crippen molar-refractivity contribution < 1.29 is 4.79 Å². The average Bonchev–Trinajstić information content (AvgIpc) is 3.38. The second-order valence-corrected chi connectivity index (χ2v) is 8.19. The Hall–Kier alpha value is -3.67. The van der Waals surface area contributed by atoms with Gasteiger partial charge >= 0.3 is 0 Å². The fourth-order valence-corrected chi connectivity index (χ4v) is 4.41. The van der Waals surface area contributed by atoms with Crippen LogP contribution in [0.4, 0.5) is 0 Å². The number of benzene rings is 2. The molecule has 2 aromatic heterocycles. The van der Waals surface area contributed by atoms with Crippen LogP contribution in [-0.4, -0.2) is 36.9 Å². The van der Waals surface area contributed by atoms with Crippen molar-refractivity contribution in [3.63, 3.8) is 0 Å². The quantitative estimate of drug-likeness (QED) is 0.516. The van der Waals surface area contributed by atoms with Crippen LogP contribution in [0.3, 0.4) is 0 Å². The summed E-state index contributed by atoms with van der Waals surface area (Å²) in [6.45, 7) is 1.21. The van der Waals surface area contributed by atoms with E-state index in [1.165, 1.54) is 16.7 Å². The minimum Gasteiger partial charge on any atom is -0.332 e.